The first kappa shape index (κ1) is 16.8. The van der Waals surface area contributed by atoms with E-state index in [1.54, 1.807) is 0 Å². The lowest BCUT2D eigenvalue weighted by atomic mass is 9.86. The van der Waals surface area contributed by atoms with E-state index in [4.69, 9.17) is 11.1 Å². The number of hydrogen-bond acceptors (Lipinski definition) is 3. The van der Waals surface area contributed by atoms with Crippen molar-refractivity contribution in [2.24, 2.45) is 11.1 Å². The third kappa shape index (κ3) is 4.43. The van der Waals surface area contributed by atoms with Gasteiger partial charge >= 0.3 is 0 Å². The van der Waals surface area contributed by atoms with Gasteiger partial charge in [0, 0.05) is 30.6 Å². The first-order valence-corrected chi connectivity index (χ1v) is 8.73. The summed E-state index contributed by atoms with van der Waals surface area (Å²) in [5.41, 5.74) is 5.53. The minimum absolute atomic E-state index is 0.131. The van der Waals surface area contributed by atoms with Gasteiger partial charge in [-0.15, -0.1) is 0 Å². The fraction of sp³-hybridized carbons (Fsp3) is 0.941. The fourth-order valence-electron chi connectivity index (χ4n) is 3.74. The second-order valence-corrected chi connectivity index (χ2v) is 7.74. The van der Waals surface area contributed by atoms with Crippen molar-refractivity contribution in [3.63, 3.8) is 0 Å². The smallest absolute Gasteiger partial charge is 0.0963 e. The van der Waals surface area contributed by atoms with Crippen LogP contribution in [0.2, 0.25) is 0 Å². The Morgan fingerprint density at radius 3 is 2.71 bits per heavy atom. The second kappa shape index (κ2) is 7.10. The summed E-state index contributed by atoms with van der Waals surface area (Å²) in [6.07, 6.45) is 7.62. The van der Waals surface area contributed by atoms with Crippen LogP contribution in [0.1, 0.15) is 59.3 Å². The molecule has 2 rings (SSSR count). The number of nitrogens with one attached hydrogen (secondary N) is 1. The minimum atomic E-state index is -0.131. The van der Waals surface area contributed by atoms with Gasteiger partial charge in [-0.3, -0.25) is 15.2 Å². The Hall–Kier alpha value is -0.610. The maximum absolute atomic E-state index is 7.62. The van der Waals surface area contributed by atoms with E-state index in [9.17, 15) is 0 Å². The molecular weight excluding hydrogens is 260 g/mol. The van der Waals surface area contributed by atoms with Crippen LogP contribution in [0.5, 0.6) is 0 Å². The van der Waals surface area contributed by atoms with Crippen molar-refractivity contribution in [2.45, 2.75) is 71.4 Å². The molecule has 2 saturated heterocycles. The molecule has 3 N–H and O–H groups in total. The highest BCUT2D eigenvalue weighted by atomic mass is 15.3. The van der Waals surface area contributed by atoms with E-state index in [-0.39, 0.29) is 5.41 Å². The summed E-state index contributed by atoms with van der Waals surface area (Å²) < 4.78 is 0. The molecule has 0 aromatic carbocycles. The van der Waals surface area contributed by atoms with Gasteiger partial charge in [0.15, 0.2) is 0 Å². The fourth-order valence-corrected chi connectivity index (χ4v) is 3.74. The highest BCUT2D eigenvalue weighted by Gasteiger charge is 2.32. The Balaban J connectivity index is 1.72. The number of amidine groups is 1. The Morgan fingerprint density at radius 1 is 1.24 bits per heavy atom. The van der Waals surface area contributed by atoms with Gasteiger partial charge in [0.05, 0.1) is 5.84 Å². The largest absolute Gasteiger partial charge is 0.387 e. The molecule has 0 aromatic heterocycles. The van der Waals surface area contributed by atoms with Crippen molar-refractivity contribution in [3.8, 4) is 0 Å². The molecule has 2 unspecified atom stereocenters. The van der Waals surface area contributed by atoms with Gasteiger partial charge in [-0.1, -0.05) is 26.7 Å². The molecule has 0 spiro atoms. The summed E-state index contributed by atoms with van der Waals surface area (Å²) in [6.45, 7) is 11.6. The maximum atomic E-state index is 7.62. The first-order valence-electron chi connectivity index (χ1n) is 8.73. The lowest BCUT2D eigenvalue weighted by molar-refractivity contribution is 0.0144. The lowest BCUT2D eigenvalue weighted by Crippen LogP contribution is -2.58. The summed E-state index contributed by atoms with van der Waals surface area (Å²) in [5, 5.41) is 7.62. The van der Waals surface area contributed by atoms with Crippen molar-refractivity contribution in [3.05, 3.63) is 0 Å². The van der Waals surface area contributed by atoms with E-state index >= 15 is 0 Å². The van der Waals surface area contributed by atoms with Crippen LogP contribution >= 0.6 is 0 Å². The molecule has 2 atom stereocenters. The monoisotopic (exact) mass is 294 g/mol. The van der Waals surface area contributed by atoms with Gasteiger partial charge in [0.25, 0.3) is 0 Å². The normalized spacial score (nSPS) is 28.3. The van der Waals surface area contributed by atoms with Crippen molar-refractivity contribution in [2.75, 3.05) is 26.2 Å². The number of unbranched alkanes of at least 4 members (excludes halogenated alkanes) is 1. The van der Waals surface area contributed by atoms with Crippen LogP contribution in [-0.2, 0) is 0 Å². The van der Waals surface area contributed by atoms with Gasteiger partial charge in [-0.05, 0) is 45.7 Å². The lowest BCUT2D eigenvalue weighted by Gasteiger charge is -2.47. The summed E-state index contributed by atoms with van der Waals surface area (Å²) in [4.78, 5) is 5.40. The zero-order valence-corrected chi connectivity index (χ0v) is 14.2. The molecule has 21 heavy (non-hydrogen) atoms. The number of piperidine rings is 1. The van der Waals surface area contributed by atoms with Crippen LogP contribution in [0.4, 0.5) is 0 Å². The second-order valence-electron chi connectivity index (χ2n) is 7.74. The van der Waals surface area contributed by atoms with Crippen LogP contribution in [-0.4, -0.2) is 53.9 Å². The molecule has 0 radical (unpaired) electrons. The van der Waals surface area contributed by atoms with Gasteiger partial charge in [0.1, 0.15) is 0 Å². The predicted octanol–water partition coefficient (Wildman–Crippen LogP) is 2.68. The Morgan fingerprint density at radius 2 is 2.00 bits per heavy atom. The van der Waals surface area contributed by atoms with E-state index in [1.807, 2.05) is 0 Å². The molecule has 2 aliphatic rings. The number of hydrogen-bond donors (Lipinski definition) is 2. The van der Waals surface area contributed by atoms with Crippen LogP contribution in [0, 0.1) is 10.8 Å². The summed E-state index contributed by atoms with van der Waals surface area (Å²) in [7, 11) is 0. The Kier molecular flexibility index (Phi) is 5.67. The molecule has 2 heterocycles. The highest BCUT2D eigenvalue weighted by molar-refractivity contribution is 5.82. The van der Waals surface area contributed by atoms with Gasteiger partial charge in [-0.2, -0.15) is 0 Å². The highest BCUT2D eigenvalue weighted by Crippen LogP contribution is 2.26. The topological polar surface area (TPSA) is 56.4 Å². The zero-order valence-electron chi connectivity index (χ0n) is 14.2. The molecule has 2 fully saturated rings. The zero-order chi connectivity index (χ0) is 15.5. The van der Waals surface area contributed by atoms with Gasteiger partial charge in [-0.25, -0.2) is 0 Å². The van der Waals surface area contributed by atoms with E-state index in [1.165, 1.54) is 58.3 Å². The third-order valence-electron chi connectivity index (χ3n) is 5.54. The van der Waals surface area contributed by atoms with Crippen LogP contribution in [0.3, 0.4) is 0 Å². The molecule has 0 aliphatic carbocycles. The molecule has 0 aromatic rings. The third-order valence-corrected chi connectivity index (χ3v) is 5.54. The summed E-state index contributed by atoms with van der Waals surface area (Å²) >= 11 is 0. The van der Waals surface area contributed by atoms with Crippen LogP contribution in [0.15, 0.2) is 0 Å². The molecule has 0 saturated carbocycles. The van der Waals surface area contributed by atoms with E-state index in [0.29, 0.717) is 11.9 Å². The van der Waals surface area contributed by atoms with E-state index < -0.39 is 0 Å². The average molecular weight is 294 g/mol. The van der Waals surface area contributed by atoms with Gasteiger partial charge < -0.3 is 5.73 Å². The Labute approximate surface area is 130 Å². The maximum Gasteiger partial charge on any atom is 0.0963 e. The van der Waals surface area contributed by atoms with Crippen molar-refractivity contribution >= 4 is 5.84 Å². The molecule has 4 heteroatoms. The predicted molar refractivity (Wildman–Crippen MR) is 89.8 cm³/mol. The molecule has 4 nitrogen and oxygen atoms in total. The standard InChI is InChI=1S/C17H34N4/c1-14-12-21-11-6-4-8-15(21)13-20(14)10-7-5-9-17(2,3)16(18)19/h14-15H,4-13H2,1-3H3,(H3,18,19). The van der Waals surface area contributed by atoms with Crippen LogP contribution in [0.25, 0.3) is 0 Å². The van der Waals surface area contributed by atoms with Crippen LogP contribution < -0.4 is 5.73 Å². The SMILES string of the molecule is CC1CN2CCCCC2CN1CCCCC(C)(C)C(=N)N. The molecule has 122 valence electrons. The van der Waals surface area contributed by atoms with Gasteiger partial charge in [0.2, 0.25) is 0 Å². The molecule has 0 amide bonds. The number of rotatable bonds is 6. The average Bonchev–Trinajstić information content (AvgIpc) is 2.43. The van der Waals surface area contributed by atoms with Crippen molar-refractivity contribution in [1.82, 2.24) is 9.80 Å². The Bertz CT molecular complexity index is 353. The minimum Gasteiger partial charge on any atom is -0.387 e. The molecule has 0 bridgehead atoms. The number of nitrogens with two attached hydrogens (primary N) is 1. The van der Waals surface area contributed by atoms with E-state index in [0.717, 1.165) is 12.5 Å². The molecular formula is C17H34N4. The quantitative estimate of drug-likeness (QED) is 0.450. The van der Waals surface area contributed by atoms with Crippen molar-refractivity contribution in [1.29, 1.82) is 5.41 Å². The number of fused-ring (bicyclic) bond motifs is 1. The number of nitrogens with zero attached hydrogens (tertiary/aromatic N) is 2. The van der Waals surface area contributed by atoms with E-state index in [2.05, 4.69) is 30.6 Å². The first-order chi connectivity index (χ1) is 9.90. The molecule has 2 aliphatic heterocycles. The number of piperazine rings is 1. The summed E-state index contributed by atoms with van der Waals surface area (Å²) in [5.74, 6) is 0.326. The summed E-state index contributed by atoms with van der Waals surface area (Å²) in [6, 6.07) is 1.50. The van der Waals surface area contributed by atoms with Crippen molar-refractivity contribution < 1.29 is 0 Å².